The predicted octanol–water partition coefficient (Wildman–Crippen LogP) is 3.26. The van der Waals surface area contributed by atoms with E-state index in [0.717, 1.165) is 22.3 Å². The third kappa shape index (κ3) is 3.75. The van der Waals surface area contributed by atoms with Crippen LogP contribution in [0.4, 0.5) is 10.1 Å². The fraction of sp³-hybridized carbons (Fsp3) is 0.182. The number of anilines is 1. The summed E-state index contributed by atoms with van der Waals surface area (Å²) in [5.74, 6) is -0.264. The van der Waals surface area contributed by atoms with Gasteiger partial charge in [-0.25, -0.2) is 4.39 Å². The Morgan fingerprint density at radius 2 is 2.07 bits per heavy atom. The Morgan fingerprint density at radius 1 is 1.47 bits per heavy atom. The molecule has 1 N–H and O–H groups in total. The number of halogens is 1. The molecule has 0 aliphatic carbocycles. The molecule has 0 radical (unpaired) electrons. The highest BCUT2D eigenvalue weighted by Gasteiger charge is 2.05. The summed E-state index contributed by atoms with van der Waals surface area (Å²) >= 11 is 1.04. The highest BCUT2D eigenvalue weighted by Crippen LogP contribution is 2.27. The van der Waals surface area contributed by atoms with Gasteiger partial charge in [0.25, 0.3) is 0 Å². The molecule has 0 bridgehead atoms. The molecule has 0 unspecified atom stereocenters. The average molecular weight is 227 g/mol. The Balaban J connectivity index is 0.000000921. The molecule has 4 heteroatoms. The van der Waals surface area contributed by atoms with E-state index in [2.05, 4.69) is 18.5 Å². The quantitative estimate of drug-likeness (QED) is 0.488. The van der Waals surface area contributed by atoms with E-state index in [1.54, 1.807) is 20.0 Å². The first-order chi connectivity index (χ1) is 7.19. The minimum absolute atomic E-state index is 0.264. The van der Waals surface area contributed by atoms with Gasteiger partial charge in [0.15, 0.2) is 5.62 Å². The van der Waals surface area contributed by atoms with E-state index in [4.69, 9.17) is 0 Å². The Bertz CT molecular complexity index is 342. The van der Waals surface area contributed by atoms with Crippen LogP contribution >= 0.6 is 11.8 Å². The average Bonchev–Trinajstić information content (AvgIpc) is 2.26. The lowest BCUT2D eigenvalue weighted by Gasteiger charge is -2.07. The minimum atomic E-state index is -0.264. The first kappa shape index (κ1) is 13.7. The molecule has 0 saturated carbocycles. The molecule has 2 nitrogen and oxygen atoms in total. The van der Waals surface area contributed by atoms with Crippen LogP contribution in [0.3, 0.4) is 0 Å². The Hall–Kier alpha value is -1.29. The van der Waals surface area contributed by atoms with Crippen molar-refractivity contribution in [3.63, 3.8) is 0 Å². The molecule has 0 atom stereocenters. The van der Waals surface area contributed by atoms with Crippen LogP contribution in [0, 0.1) is 12.7 Å². The molecule has 0 spiro atoms. The van der Waals surface area contributed by atoms with Crippen molar-refractivity contribution in [2.24, 2.45) is 0 Å². The molecule has 1 aromatic rings. The lowest BCUT2D eigenvalue weighted by atomic mass is 10.2. The van der Waals surface area contributed by atoms with Crippen LogP contribution in [0.25, 0.3) is 0 Å². The number of carbonyl (C=O) groups is 1. The van der Waals surface area contributed by atoms with Crippen molar-refractivity contribution in [3.05, 3.63) is 36.7 Å². The van der Waals surface area contributed by atoms with Gasteiger partial charge < -0.3 is 5.32 Å². The second kappa shape index (κ2) is 7.06. The van der Waals surface area contributed by atoms with Gasteiger partial charge in [-0.15, -0.1) is 13.2 Å². The molecule has 15 heavy (non-hydrogen) atoms. The second-order valence-electron chi connectivity index (χ2n) is 2.56. The van der Waals surface area contributed by atoms with Gasteiger partial charge in [0, 0.05) is 11.9 Å². The topological polar surface area (TPSA) is 29.1 Å². The molecule has 1 rings (SSSR count). The summed E-state index contributed by atoms with van der Waals surface area (Å²) in [6.45, 7) is 7.67. The van der Waals surface area contributed by atoms with Gasteiger partial charge in [0.1, 0.15) is 5.82 Å². The smallest absolute Gasteiger partial charge is 0.181 e. The van der Waals surface area contributed by atoms with Gasteiger partial charge in [-0.2, -0.15) is 0 Å². The number of nitrogens with one attached hydrogen (secondary N) is 1. The van der Waals surface area contributed by atoms with E-state index in [0.29, 0.717) is 11.3 Å². The molecule has 82 valence electrons. The van der Waals surface area contributed by atoms with Crippen molar-refractivity contribution < 1.29 is 9.18 Å². The van der Waals surface area contributed by atoms with Crippen LogP contribution in [-0.4, -0.2) is 12.7 Å². The zero-order chi connectivity index (χ0) is 11.8. The predicted molar refractivity (Wildman–Crippen MR) is 64.5 cm³/mol. The molecule has 1 aromatic carbocycles. The minimum Gasteiger partial charge on any atom is -0.387 e. The lowest BCUT2D eigenvalue weighted by molar-refractivity contribution is 0.570. The summed E-state index contributed by atoms with van der Waals surface area (Å²) in [6, 6.07) is 3.04. The number of carbonyl (C=O) groups excluding carboxylic acids is 1. The van der Waals surface area contributed by atoms with Crippen molar-refractivity contribution in [3.8, 4) is 0 Å². The Kier molecular flexibility index (Phi) is 6.45. The van der Waals surface area contributed by atoms with Crippen LogP contribution in [-0.2, 0) is 4.79 Å². The van der Waals surface area contributed by atoms with Gasteiger partial charge in [0.2, 0.25) is 0 Å². The van der Waals surface area contributed by atoms with E-state index >= 15 is 0 Å². The maximum absolute atomic E-state index is 13.0. The Labute approximate surface area is 93.6 Å². The zero-order valence-electron chi connectivity index (χ0n) is 8.84. The number of aryl methyl sites for hydroxylation is 1. The molecule has 0 amide bonds. The number of benzene rings is 1. The third-order valence-electron chi connectivity index (χ3n) is 1.71. The highest BCUT2D eigenvalue weighted by atomic mass is 32.2. The van der Waals surface area contributed by atoms with Gasteiger partial charge in [-0.1, -0.05) is 11.8 Å². The van der Waals surface area contributed by atoms with Gasteiger partial charge >= 0.3 is 0 Å². The number of hydrogen-bond donors (Lipinski definition) is 1. The van der Waals surface area contributed by atoms with Gasteiger partial charge in [-0.05, 0) is 24.6 Å². The van der Waals surface area contributed by atoms with E-state index < -0.39 is 0 Å². The fourth-order valence-electron chi connectivity index (χ4n) is 1.000. The normalized spacial score (nSPS) is 8.73. The zero-order valence-corrected chi connectivity index (χ0v) is 9.66. The maximum atomic E-state index is 13.0. The van der Waals surface area contributed by atoms with E-state index in [9.17, 15) is 9.18 Å². The van der Waals surface area contributed by atoms with Crippen LogP contribution in [0.1, 0.15) is 5.56 Å². The van der Waals surface area contributed by atoms with Crippen molar-refractivity contribution in [1.29, 1.82) is 0 Å². The summed E-state index contributed by atoms with van der Waals surface area (Å²) < 4.78 is 13.0. The standard InChI is InChI=1S/C9H10FNOS.C2H4/c1-6-3-9(13-5-12)8(11-2)4-7(6)10;1-2/h3-5,11H,1-2H3;1-2H2. The molecule has 0 heterocycles. The fourth-order valence-corrected chi connectivity index (χ4v) is 1.64. The van der Waals surface area contributed by atoms with Crippen LogP contribution in [0.15, 0.2) is 30.2 Å². The van der Waals surface area contributed by atoms with Crippen LogP contribution < -0.4 is 5.32 Å². The van der Waals surface area contributed by atoms with Crippen molar-refractivity contribution in [2.45, 2.75) is 11.8 Å². The summed E-state index contributed by atoms with van der Waals surface area (Å²) in [7, 11) is 1.69. The monoisotopic (exact) mass is 227 g/mol. The number of rotatable bonds is 3. The molecular formula is C11H14FNOS. The van der Waals surface area contributed by atoms with E-state index in [1.807, 2.05) is 0 Å². The van der Waals surface area contributed by atoms with Crippen LogP contribution in [0.5, 0.6) is 0 Å². The largest absolute Gasteiger partial charge is 0.387 e. The summed E-state index contributed by atoms with van der Waals surface area (Å²) in [5, 5.41) is 2.83. The first-order valence-corrected chi connectivity index (χ1v) is 5.15. The summed E-state index contributed by atoms with van der Waals surface area (Å²) in [4.78, 5) is 11.0. The van der Waals surface area contributed by atoms with Gasteiger partial charge in [-0.3, -0.25) is 4.79 Å². The van der Waals surface area contributed by atoms with E-state index in [-0.39, 0.29) is 5.82 Å². The molecule has 0 aliphatic heterocycles. The molecule has 0 fully saturated rings. The van der Waals surface area contributed by atoms with Crippen LogP contribution in [0.2, 0.25) is 0 Å². The van der Waals surface area contributed by atoms with E-state index in [1.165, 1.54) is 6.07 Å². The van der Waals surface area contributed by atoms with Crippen molar-refractivity contribution in [2.75, 3.05) is 12.4 Å². The van der Waals surface area contributed by atoms with Crippen molar-refractivity contribution >= 4 is 23.1 Å². The van der Waals surface area contributed by atoms with Crippen molar-refractivity contribution in [1.82, 2.24) is 0 Å². The van der Waals surface area contributed by atoms with Gasteiger partial charge in [0.05, 0.1) is 5.69 Å². The summed E-state index contributed by atoms with van der Waals surface area (Å²) in [6.07, 6.45) is 0. The first-order valence-electron chi connectivity index (χ1n) is 4.27. The Morgan fingerprint density at radius 3 is 2.53 bits per heavy atom. The molecule has 0 aliphatic rings. The second-order valence-corrected chi connectivity index (χ2v) is 3.43. The molecule has 0 aromatic heterocycles. The SMILES string of the molecule is C=C.CNc1cc(F)c(C)cc1SC=O. The number of thioether (sulfide) groups is 1. The maximum Gasteiger partial charge on any atom is 0.181 e. The molecular weight excluding hydrogens is 213 g/mol. The highest BCUT2D eigenvalue weighted by molar-refractivity contribution is 8.12. The summed E-state index contributed by atoms with van der Waals surface area (Å²) in [5.41, 5.74) is 1.91. The molecule has 0 saturated heterocycles. The third-order valence-corrected chi connectivity index (χ3v) is 2.39. The lowest BCUT2D eigenvalue weighted by Crippen LogP contribution is -1.94. The number of hydrogen-bond acceptors (Lipinski definition) is 3.